The van der Waals surface area contributed by atoms with Crippen molar-refractivity contribution in [2.24, 2.45) is 0 Å². The van der Waals surface area contributed by atoms with Crippen molar-refractivity contribution in [1.82, 2.24) is 9.88 Å². The van der Waals surface area contributed by atoms with Crippen LogP contribution in [0, 0.1) is 0 Å². The summed E-state index contributed by atoms with van der Waals surface area (Å²) in [5.74, 6) is 0.208. The molecule has 0 saturated carbocycles. The van der Waals surface area contributed by atoms with E-state index < -0.39 is 0 Å². The normalized spacial score (nSPS) is 12.2. The number of pyridine rings is 1. The molecule has 0 fully saturated rings. The minimum Gasteiger partial charge on any atom is -0.462 e. The van der Waals surface area contributed by atoms with Crippen molar-refractivity contribution >= 4 is 23.1 Å². The van der Waals surface area contributed by atoms with E-state index in [0.29, 0.717) is 24.5 Å². The van der Waals surface area contributed by atoms with Crippen LogP contribution in [0.4, 0.5) is 5.82 Å². The molecule has 0 aromatic carbocycles. The molecule has 118 valence electrons. The first kappa shape index (κ1) is 16.5. The maximum Gasteiger partial charge on any atom is 0.341 e. The summed E-state index contributed by atoms with van der Waals surface area (Å²) in [6.07, 6.45) is 1.67. The van der Waals surface area contributed by atoms with Gasteiger partial charge in [-0.1, -0.05) is 6.07 Å². The number of ether oxygens (including phenoxy) is 1. The van der Waals surface area contributed by atoms with Crippen LogP contribution >= 0.6 is 11.3 Å². The Labute approximate surface area is 134 Å². The number of anilines is 1. The van der Waals surface area contributed by atoms with E-state index in [-0.39, 0.29) is 12.0 Å². The van der Waals surface area contributed by atoms with E-state index in [1.54, 1.807) is 36.6 Å². The van der Waals surface area contributed by atoms with Crippen molar-refractivity contribution in [3.8, 4) is 0 Å². The van der Waals surface area contributed by atoms with E-state index in [1.807, 2.05) is 20.2 Å². The summed E-state index contributed by atoms with van der Waals surface area (Å²) in [6.45, 7) is 2.81. The molecule has 5 nitrogen and oxygen atoms in total. The summed E-state index contributed by atoms with van der Waals surface area (Å²) < 4.78 is 5.07. The molecule has 1 atom stereocenters. The highest BCUT2D eigenvalue weighted by Gasteiger charge is 2.18. The van der Waals surface area contributed by atoms with Gasteiger partial charge in [0.1, 0.15) is 11.4 Å². The number of thiophene rings is 1. The van der Waals surface area contributed by atoms with Gasteiger partial charge in [0.15, 0.2) is 0 Å². The number of nitrogens with one attached hydrogen (secondary N) is 1. The lowest BCUT2D eigenvalue weighted by Gasteiger charge is -2.24. The number of carbonyl (C=O) groups excluding carboxylic acids is 1. The molecule has 0 aliphatic carbocycles. The molecule has 0 amide bonds. The van der Waals surface area contributed by atoms with Gasteiger partial charge < -0.3 is 15.0 Å². The molecule has 0 radical (unpaired) electrons. The van der Waals surface area contributed by atoms with Crippen LogP contribution in [-0.2, 0) is 4.74 Å². The van der Waals surface area contributed by atoms with Crippen molar-refractivity contribution in [1.29, 1.82) is 0 Å². The molecule has 0 aliphatic rings. The third kappa shape index (κ3) is 4.05. The molecule has 22 heavy (non-hydrogen) atoms. The maximum absolute atomic E-state index is 12.0. The number of carbonyl (C=O) groups is 1. The standard InChI is InChI=1S/C16H21N3O2S/c1-4-21-16(20)12-7-5-9-17-15(12)18-11-13(19(2)3)14-8-6-10-22-14/h5-10,13H,4,11H2,1-3H3,(H,17,18). The topological polar surface area (TPSA) is 54.5 Å². The Balaban J connectivity index is 2.12. The van der Waals surface area contributed by atoms with Crippen LogP contribution < -0.4 is 5.32 Å². The second-order valence-corrected chi connectivity index (χ2v) is 5.98. The Morgan fingerprint density at radius 2 is 2.23 bits per heavy atom. The third-order valence-corrected chi connectivity index (χ3v) is 4.23. The second kappa shape index (κ2) is 7.91. The van der Waals surface area contributed by atoms with Crippen LogP contribution in [0.5, 0.6) is 0 Å². The highest BCUT2D eigenvalue weighted by atomic mass is 32.1. The Morgan fingerprint density at radius 1 is 1.41 bits per heavy atom. The van der Waals surface area contributed by atoms with Crippen molar-refractivity contribution in [2.75, 3.05) is 32.6 Å². The van der Waals surface area contributed by atoms with Crippen molar-refractivity contribution in [2.45, 2.75) is 13.0 Å². The highest BCUT2D eigenvalue weighted by Crippen LogP contribution is 2.24. The Bertz CT molecular complexity index is 599. The molecule has 2 heterocycles. The maximum atomic E-state index is 12.0. The fourth-order valence-corrected chi connectivity index (χ4v) is 3.05. The number of aromatic nitrogens is 1. The van der Waals surface area contributed by atoms with Gasteiger partial charge in [-0.05, 0) is 44.6 Å². The van der Waals surface area contributed by atoms with E-state index in [9.17, 15) is 4.79 Å². The smallest absolute Gasteiger partial charge is 0.341 e. The summed E-state index contributed by atoms with van der Waals surface area (Å²) in [5, 5.41) is 5.34. The van der Waals surface area contributed by atoms with Gasteiger partial charge in [0.2, 0.25) is 0 Å². The lowest BCUT2D eigenvalue weighted by Crippen LogP contribution is -2.27. The lowest BCUT2D eigenvalue weighted by atomic mass is 10.2. The van der Waals surface area contributed by atoms with Gasteiger partial charge in [-0.15, -0.1) is 11.3 Å². The molecule has 2 aromatic rings. The summed E-state index contributed by atoms with van der Waals surface area (Å²) >= 11 is 1.72. The number of likely N-dealkylation sites (N-methyl/N-ethyl adjacent to an activating group) is 1. The Kier molecular flexibility index (Phi) is 5.91. The number of hydrogen-bond donors (Lipinski definition) is 1. The van der Waals surface area contributed by atoms with Gasteiger partial charge in [-0.3, -0.25) is 0 Å². The van der Waals surface area contributed by atoms with Crippen LogP contribution in [0.2, 0.25) is 0 Å². The summed E-state index contributed by atoms with van der Waals surface area (Å²) in [7, 11) is 4.08. The molecule has 6 heteroatoms. The van der Waals surface area contributed by atoms with Crippen molar-refractivity contribution in [3.05, 3.63) is 46.3 Å². The van der Waals surface area contributed by atoms with Gasteiger partial charge >= 0.3 is 5.97 Å². The molecular weight excluding hydrogens is 298 g/mol. The van der Waals surface area contributed by atoms with Crippen LogP contribution in [0.25, 0.3) is 0 Å². The first-order valence-corrected chi connectivity index (χ1v) is 8.07. The SMILES string of the molecule is CCOC(=O)c1cccnc1NCC(c1cccs1)N(C)C. The van der Waals surface area contributed by atoms with E-state index in [2.05, 4.69) is 26.6 Å². The van der Waals surface area contributed by atoms with Crippen LogP contribution in [-0.4, -0.2) is 43.1 Å². The predicted octanol–water partition coefficient (Wildman–Crippen LogP) is 3.03. The van der Waals surface area contributed by atoms with E-state index in [4.69, 9.17) is 4.74 Å². The molecular formula is C16H21N3O2S. The zero-order valence-corrected chi connectivity index (χ0v) is 13.9. The second-order valence-electron chi connectivity index (χ2n) is 5.00. The first-order chi connectivity index (χ1) is 10.6. The van der Waals surface area contributed by atoms with E-state index >= 15 is 0 Å². The molecule has 1 unspecified atom stereocenters. The van der Waals surface area contributed by atoms with Gasteiger partial charge in [-0.2, -0.15) is 0 Å². The lowest BCUT2D eigenvalue weighted by molar-refractivity contribution is 0.0527. The van der Waals surface area contributed by atoms with Crippen molar-refractivity contribution < 1.29 is 9.53 Å². The number of esters is 1. The average Bonchev–Trinajstić information content (AvgIpc) is 3.02. The van der Waals surface area contributed by atoms with E-state index in [0.717, 1.165) is 0 Å². The fraction of sp³-hybridized carbons (Fsp3) is 0.375. The van der Waals surface area contributed by atoms with Gasteiger partial charge in [0, 0.05) is 17.6 Å². The zero-order chi connectivity index (χ0) is 15.9. The number of nitrogens with zero attached hydrogens (tertiary/aromatic N) is 2. The first-order valence-electron chi connectivity index (χ1n) is 7.19. The quantitative estimate of drug-likeness (QED) is 0.795. The Morgan fingerprint density at radius 3 is 2.86 bits per heavy atom. The van der Waals surface area contributed by atoms with Gasteiger partial charge in [0.25, 0.3) is 0 Å². The van der Waals surface area contributed by atoms with Crippen LogP contribution in [0.3, 0.4) is 0 Å². The van der Waals surface area contributed by atoms with Gasteiger partial charge in [0.05, 0.1) is 12.6 Å². The minimum atomic E-state index is -0.351. The zero-order valence-electron chi connectivity index (χ0n) is 13.1. The summed E-state index contributed by atoms with van der Waals surface area (Å²) in [5.41, 5.74) is 0.466. The number of rotatable bonds is 7. The monoisotopic (exact) mass is 319 g/mol. The van der Waals surface area contributed by atoms with E-state index in [1.165, 1.54) is 4.88 Å². The molecule has 0 aliphatic heterocycles. The predicted molar refractivity (Wildman–Crippen MR) is 89.4 cm³/mol. The molecule has 0 spiro atoms. The van der Waals surface area contributed by atoms with Crippen LogP contribution in [0.1, 0.15) is 28.2 Å². The fourth-order valence-electron chi connectivity index (χ4n) is 2.13. The largest absolute Gasteiger partial charge is 0.462 e. The summed E-state index contributed by atoms with van der Waals surface area (Å²) in [4.78, 5) is 19.6. The average molecular weight is 319 g/mol. The van der Waals surface area contributed by atoms with Crippen molar-refractivity contribution in [3.63, 3.8) is 0 Å². The highest BCUT2D eigenvalue weighted by molar-refractivity contribution is 7.10. The number of hydrogen-bond acceptors (Lipinski definition) is 6. The van der Waals surface area contributed by atoms with Gasteiger partial charge in [-0.25, -0.2) is 9.78 Å². The molecule has 2 rings (SSSR count). The minimum absolute atomic E-state index is 0.219. The molecule has 1 N–H and O–H groups in total. The summed E-state index contributed by atoms with van der Waals surface area (Å²) in [6, 6.07) is 7.84. The third-order valence-electron chi connectivity index (χ3n) is 3.26. The molecule has 2 aromatic heterocycles. The molecule has 0 saturated heterocycles. The Hall–Kier alpha value is -1.92. The molecule has 0 bridgehead atoms. The van der Waals surface area contributed by atoms with Crippen LogP contribution in [0.15, 0.2) is 35.8 Å².